The molecule has 1 aromatic carbocycles. The van der Waals surface area contributed by atoms with Crippen LogP contribution in [-0.4, -0.2) is 5.11 Å². The van der Waals surface area contributed by atoms with Gasteiger partial charge in [0, 0.05) is 0 Å². The molecule has 0 aliphatic rings. The van der Waals surface area contributed by atoms with E-state index in [0.717, 1.165) is 5.56 Å². The molecule has 0 unspecified atom stereocenters. The maximum atomic E-state index is 9.88. The maximum absolute atomic E-state index is 9.88. The molecule has 0 amide bonds. The second-order valence-electron chi connectivity index (χ2n) is 5.39. The summed E-state index contributed by atoms with van der Waals surface area (Å²) < 4.78 is 0. The molecule has 0 spiro atoms. The molecule has 0 atom stereocenters. The molecule has 0 bridgehead atoms. The molecule has 78 valence electrons. The monoisotopic (exact) mass is 192 g/mol. The number of aliphatic hydroxyl groups is 1. The largest absolute Gasteiger partial charge is 0.386 e. The first-order valence-corrected chi connectivity index (χ1v) is 5.04. The van der Waals surface area contributed by atoms with E-state index in [0.29, 0.717) is 0 Å². The van der Waals surface area contributed by atoms with Crippen molar-refractivity contribution in [1.29, 1.82) is 0 Å². The highest BCUT2D eigenvalue weighted by atomic mass is 16.3. The van der Waals surface area contributed by atoms with E-state index < -0.39 is 5.60 Å². The Morgan fingerprint density at radius 3 is 1.86 bits per heavy atom. The Kier molecular flexibility index (Phi) is 2.73. The van der Waals surface area contributed by atoms with Gasteiger partial charge in [-0.25, -0.2) is 0 Å². The minimum atomic E-state index is -0.749. The van der Waals surface area contributed by atoms with Crippen molar-refractivity contribution in [3.8, 4) is 0 Å². The van der Waals surface area contributed by atoms with Crippen LogP contribution in [0.5, 0.6) is 0 Å². The molecule has 0 fully saturated rings. The van der Waals surface area contributed by atoms with E-state index in [1.165, 1.54) is 5.56 Å². The van der Waals surface area contributed by atoms with Gasteiger partial charge in [-0.3, -0.25) is 0 Å². The Bertz CT molecular complexity index is 283. The summed E-state index contributed by atoms with van der Waals surface area (Å²) in [4.78, 5) is 0. The summed E-state index contributed by atoms with van der Waals surface area (Å²) in [5.74, 6) is 0. The van der Waals surface area contributed by atoms with Crippen molar-refractivity contribution >= 4 is 0 Å². The fourth-order valence-corrected chi connectivity index (χ4v) is 1.37. The molecule has 1 N–H and O–H groups in total. The number of hydrogen-bond acceptors (Lipinski definition) is 1. The van der Waals surface area contributed by atoms with E-state index in [4.69, 9.17) is 0 Å². The molecule has 1 aromatic rings. The normalized spacial score (nSPS) is 13.0. The van der Waals surface area contributed by atoms with Gasteiger partial charge in [0.2, 0.25) is 0 Å². The van der Waals surface area contributed by atoms with Crippen LogP contribution in [0.15, 0.2) is 24.3 Å². The lowest BCUT2D eigenvalue weighted by Crippen LogP contribution is -2.18. The zero-order valence-corrected chi connectivity index (χ0v) is 9.76. The summed E-state index contributed by atoms with van der Waals surface area (Å²) in [6.45, 7) is 10.2. The molecular weight excluding hydrogens is 172 g/mol. The summed E-state index contributed by atoms with van der Waals surface area (Å²) in [6, 6.07) is 8.17. The molecular formula is C13H20O. The van der Waals surface area contributed by atoms with E-state index in [1.807, 2.05) is 26.0 Å². The number of benzene rings is 1. The molecule has 0 aliphatic carbocycles. The number of hydrogen-bond donors (Lipinski definition) is 1. The maximum Gasteiger partial charge on any atom is 0.0840 e. The molecule has 0 heterocycles. The predicted octanol–water partition coefficient (Wildman–Crippen LogP) is 3.21. The molecule has 1 nitrogen and oxygen atoms in total. The fourth-order valence-electron chi connectivity index (χ4n) is 1.37. The van der Waals surface area contributed by atoms with Crippen LogP contribution in [0.2, 0.25) is 0 Å². The van der Waals surface area contributed by atoms with Crippen molar-refractivity contribution < 1.29 is 5.11 Å². The standard InChI is InChI=1S/C13H20O/c1-12(2,3)10-7-6-8-11(9-10)13(4,5)14/h6-9,14H,1-5H3. The van der Waals surface area contributed by atoms with Gasteiger partial charge in [0.15, 0.2) is 0 Å². The van der Waals surface area contributed by atoms with Crippen LogP contribution in [0.3, 0.4) is 0 Å². The Morgan fingerprint density at radius 2 is 1.43 bits per heavy atom. The van der Waals surface area contributed by atoms with Crippen LogP contribution in [0.25, 0.3) is 0 Å². The predicted molar refractivity (Wildman–Crippen MR) is 60.4 cm³/mol. The topological polar surface area (TPSA) is 20.2 Å². The Hall–Kier alpha value is -0.820. The van der Waals surface area contributed by atoms with Gasteiger partial charge in [0.05, 0.1) is 5.60 Å². The third-order valence-corrected chi connectivity index (χ3v) is 2.44. The summed E-state index contributed by atoms with van der Waals surface area (Å²) in [7, 11) is 0. The molecule has 1 heteroatoms. The summed E-state index contributed by atoms with van der Waals surface area (Å²) in [6.07, 6.45) is 0. The summed E-state index contributed by atoms with van der Waals surface area (Å²) >= 11 is 0. The fraction of sp³-hybridized carbons (Fsp3) is 0.538. The van der Waals surface area contributed by atoms with Crippen LogP contribution < -0.4 is 0 Å². The minimum absolute atomic E-state index is 0.140. The van der Waals surface area contributed by atoms with Gasteiger partial charge in [0.1, 0.15) is 0 Å². The van der Waals surface area contributed by atoms with Crippen molar-refractivity contribution in [2.75, 3.05) is 0 Å². The molecule has 14 heavy (non-hydrogen) atoms. The van der Waals surface area contributed by atoms with Gasteiger partial charge in [-0.05, 0) is 30.4 Å². The van der Waals surface area contributed by atoms with E-state index in [9.17, 15) is 5.11 Å². The van der Waals surface area contributed by atoms with Crippen LogP contribution >= 0.6 is 0 Å². The zero-order valence-electron chi connectivity index (χ0n) is 9.76. The Labute approximate surface area is 86.8 Å². The van der Waals surface area contributed by atoms with Crippen LogP contribution in [-0.2, 0) is 11.0 Å². The van der Waals surface area contributed by atoms with Gasteiger partial charge in [-0.2, -0.15) is 0 Å². The van der Waals surface area contributed by atoms with Crippen LogP contribution in [0, 0.1) is 0 Å². The van der Waals surface area contributed by atoms with Gasteiger partial charge in [-0.15, -0.1) is 0 Å². The molecule has 0 saturated carbocycles. The Balaban J connectivity index is 3.15. The van der Waals surface area contributed by atoms with E-state index in [1.54, 1.807) is 0 Å². The van der Waals surface area contributed by atoms with Crippen molar-refractivity contribution in [1.82, 2.24) is 0 Å². The highest BCUT2D eigenvalue weighted by Crippen LogP contribution is 2.27. The SMILES string of the molecule is CC(C)(C)c1cccc(C(C)(C)O)c1. The second kappa shape index (κ2) is 3.39. The summed E-state index contributed by atoms with van der Waals surface area (Å²) in [5.41, 5.74) is 1.63. The first kappa shape index (κ1) is 11.3. The third-order valence-electron chi connectivity index (χ3n) is 2.44. The lowest BCUT2D eigenvalue weighted by molar-refractivity contribution is 0.0784. The first-order valence-electron chi connectivity index (χ1n) is 5.04. The van der Waals surface area contributed by atoms with Crippen molar-refractivity contribution in [2.45, 2.75) is 45.6 Å². The van der Waals surface area contributed by atoms with Gasteiger partial charge in [0.25, 0.3) is 0 Å². The average molecular weight is 192 g/mol. The van der Waals surface area contributed by atoms with Gasteiger partial charge >= 0.3 is 0 Å². The highest BCUT2D eigenvalue weighted by molar-refractivity contribution is 5.31. The molecule has 0 radical (unpaired) electrons. The highest BCUT2D eigenvalue weighted by Gasteiger charge is 2.19. The Morgan fingerprint density at radius 1 is 0.929 bits per heavy atom. The van der Waals surface area contributed by atoms with E-state index in [-0.39, 0.29) is 5.41 Å². The average Bonchev–Trinajstić information content (AvgIpc) is 2.01. The first-order chi connectivity index (χ1) is 6.21. The zero-order chi connectivity index (χ0) is 11.0. The van der Waals surface area contributed by atoms with Gasteiger partial charge < -0.3 is 5.11 Å². The molecule has 0 saturated heterocycles. The summed E-state index contributed by atoms with van der Waals surface area (Å²) in [5, 5.41) is 9.88. The number of rotatable bonds is 1. The van der Waals surface area contributed by atoms with E-state index >= 15 is 0 Å². The van der Waals surface area contributed by atoms with Crippen LogP contribution in [0.1, 0.15) is 45.7 Å². The van der Waals surface area contributed by atoms with Crippen LogP contribution in [0.4, 0.5) is 0 Å². The molecule has 0 aliphatic heterocycles. The van der Waals surface area contributed by atoms with E-state index in [2.05, 4.69) is 32.9 Å². The van der Waals surface area contributed by atoms with Crippen molar-refractivity contribution in [2.24, 2.45) is 0 Å². The minimum Gasteiger partial charge on any atom is -0.386 e. The lowest BCUT2D eigenvalue weighted by atomic mass is 9.84. The molecule has 0 aromatic heterocycles. The van der Waals surface area contributed by atoms with Gasteiger partial charge in [-0.1, -0.05) is 45.0 Å². The quantitative estimate of drug-likeness (QED) is 0.724. The van der Waals surface area contributed by atoms with Crippen molar-refractivity contribution in [3.05, 3.63) is 35.4 Å². The molecule has 1 rings (SSSR count). The second-order valence-corrected chi connectivity index (χ2v) is 5.39. The lowest BCUT2D eigenvalue weighted by Gasteiger charge is -2.23. The third kappa shape index (κ3) is 2.58. The van der Waals surface area contributed by atoms with Crippen molar-refractivity contribution in [3.63, 3.8) is 0 Å². The smallest absolute Gasteiger partial charge is 0.0840 e.